The fourth-order valence-corrected chi connectivity index (χ4v) is 1.67. The molecule has 1 aromatic heterocycles. The quantitative estimate of drug-likeness (QED) is 0.853. The number of nitrogens with one attached hydrogen (secondary N) is 1. The van der Waals surface area contributed by atoms with E-state index in [0.29, 0.717) is 19.1 Å². The molecular formula is C12H18N2O2. The van der Waals surface area contributed by atoms with E-state index in [0.717, 1.165) is 29.1 Å². The normalized spacial score (nSPS) is 13.4. The number of aromatic nitrogens is 1. The van der Waals surface area contributed by atoms with Gasteiger partial charge in [0.1, 0.15) is 12.3 Å². The number of pyridine rings is 1. The Bertz CT molecular complexity index is 421. The highest BCUT2D eigenvalue weighted by Gasteiger charge is 2.20. The van der Waals surface area contributed by atoms with Crippen molar-refractivity contribution in [1.29, 1.82) is 0 Å². The molecule has 0 aliphatic carbocycles. The molecular weight excluding hydrogens is 204 g/mol. The number of hydrogen-bond acceptors (Lipinski definition) is 4. The topological polar surface area (TPSA) is 43.4 Å². The Hall–Kier alpha value is -1.71. The average Bonchev–Trinajstić information content (AvgIpc) is 2.29. The van der Waals surface area contributed by atoms with Crippen LogP contribution in [0.1, 0.15) is 20.8 Å². The lowest BCUT2D eigenvalue weighted by atomic mass is 10.1. The second kappa shape index (κ2) is 4.43. The van der Waals surface area contributed by atoms with Crippen molar-refractivity contribution in [3.05, 3.63) is 18.3 Å². The van der Waals surface area contributed by atoms with E-state index in [1.165, 1.54) is 0 Å². The molecule has 0 unspecified atom stereocenters. The van der Waals surface area contributed by atoms with E-state index >= 15 is 0 Å². The van der Waals surface area contributed by atoms with Crippen LogP contribution in [0.15, 0.2) is 12.8 Å². The summed E-state index contributed by atoms with van der Waals surface area (Å²) in [6.45, 7) is 9.84. The van der Waals surface area contributed by atoms with Gasteiger partial charge in [0.05, 0.1) is 6.61 Å². The molecule has 0 aromatic carbocycles. The van der Waals surface area contributed by atoms with Gasteiger partial charge in [-0.3, -0.25) is 0 Å². The fraction of sp³-hybridized carbons (Fsp3) is 0.417. The van der Waals surface area contributed by atoms with E-state index in [1.54, 1.807) is 6.20 Å². The molecule has 0 atom stereocenters. The fourth-order valence-electron chi connectivity index (χ4n) is 1.67. The van der Waals surface area contributed by atoms with Gasteiger partial charge in [0, 0.05) is 19.7 Å². The van der Waals surface area contributed by atoms with Crippen LogP contribution >= 0.6 is 0 Å². The molecule has 16 heavy (non-hydrogen) atoms. The van der Waals surface area contributed by atoms with Gasteiger partial charge in [-0.15, -0.1) is 0 Å². The first-order chi connectivity index (χ1) is 7.74. The van der Waals surface area contributed by atoms with Gasteiger partial charge in [-0.05, 0) is 19.4 Å². The molecule has 0 amide bonds. The highest BCUT2D eigenvalue weighted by Crippen LogP contribution is 2.39. The zero-order valence-electron chi connectivity index (χ0n) is 9.67. The molecule has 88 valence electrons. The van der Waals surface area contributed by atoms with Crippen molar-refractivity contribution in [2.24, 2.45) is 0 Å². The van der Waals surface area contributed by atoms with Crippen molar-refractivity contribution in [3.8, 4) is 11.6 Å². The van der Waals surface area contributed by atoms with Crippen LogP contribution in [-0.2, 0) is 0 Å². The molecule has 2 rings (SSSR count). The minimum absolute atomic E-state index is 0. The number of hydrogen-bond donors (Lipinski definition) is 1. The zero-order chi connectivity index (χ0) is 11.5. The van der Waals surface area contributed by atoms with Crippen LogP contribution in [0.25, 0.3) is 5.57 Å². The van der Waals surface area contributed by atoms with E-state index in [9.17, 15) is 0 Å². The third-order valence-corrected chi connectivity index (χ3v) is 2.39. The number of nitrogens with zero attached hydrogens (tertiary/aromatic N) is 1. The predicted octanol–water partition coefficient (Wildman–Crippen LogP) is 2.56. The summed E-state index contributed by atoms with van der Waals surface area (Å²) in [6, 6.07) is 0. The van der Waals surface area contributed by atoms with Gasteiger partial charge in [-0.2, -0.15) is 0 Å². The van der Waals surface area contributed by atoms with Crippen molar-refractivity contribution in [2.75, 3.05) is 25.1 Å². The van der Waals surface area contributed by atoms with Gasteiger partial charge < -0.3 is 14.8 Å². The average molecular weight is 222 g/mol. The van der Waals surface area contributed by atoms with Crippen molar-refractivity contribution in [2.45, 2.75) is 13.8 Å². The predicted molar refractivity (Wildman–Crippen MR) is 66.2 cm³/mol. The van der Waals surface area contributed by atoms with Crippen molar-refractivity contribution in [1.82, 2.24) is 4.98 Å². The largest absolute Gasteiger partial charge is 0.491 e. The number of ether oxygens (including phenoxy) is 2. The summed E-state index contributed by atoms with van der Waals surface area (Å²) in [5, 5.41) is 3.26. The standard InChI is InChI=1S/C12H16N2O2.H2/c1-4-15-11-9(8(2)3)7-14-12-10(11)13-5-6-16-12;/h7,13H,2,4-6H2,1,3H3;1H. The Labute approximate surface area is 96.8 Å². The first kappa shape index (κ1) is 10.8. The van der Waals surface area contributed by atoms with Crippen LogP contribution in [-0.4, -0.2) is 24.7 Å². The van der Waals surface area contributed by atoms with Gasteiger partial charge in [-0.1, -0.05) is 6.58 Å². The monoisotopic (exact) mass is 222 g/mol. The van der Waals surface area contributed by atoms with Crippen molar-refractivity contribution < 1.29 is 10.9 Å². The van der Waals surface area contributed by atoms with Crippen LogP contribution in [0.4, 0.5) is 5.69 Å². The maximum atomic E-state index is 5.65. The lowest BCUT2D eigenvalue weighted by molar-refractivity contribution is 0.299. The highest BCUT2D eigenvalue weighted by molar-refractivity contribution is 5.77. The highest BCUT2D eigenvalue weighted by atomic mass is 16.5. The van der Waals surface area contributed by atoms with Gasteiger partial charge >= 0.3 is 0 Å². The molecule has 0 bridgehead atoms. The maximum absolute atomic E-state index is 5.65. The van der Waals surface area contributed by atoms with Gasteiger partial charge in [0.25, 0.3) is 0 Å². The lowest BCUT2D eigenvalue weighted by Crippen LogP contribution is -2.20. The number of fused-ring (bicyclic) bond motifs is 1. The van der Waals surface area contributed by atoms with Crippen LogP contribution in [0, 0.1) is 0 Å². The van der Waals surface area contributed by atoms with Gasteiger partial charge in [-0.25, -0.2) is 4.98 Å². The lowest BCUT2D eigenvalue weighted by Gasteiger charge is -2.22. The van der Waals surface area contributed by atoms with E-state index in [1.807, 2.05) is 13.8 Å². The SMILES string of the molecule is C=C(C)c1cnc2c(c1OCC)NCCO2.[HH]. The minimum Gasteiger partial charge on any atom is -0.491 e. The van der Waals surface area contributed by atoms with Crippen molar-refractivity contribution >= 4 is 11.3 Å². The molecule has 1 aliphatic heterocycles. The molecule has 0 radical (unpaired) electrons. The third-order valence-electron chi connectivity index (χ3n) is 2.39. The molecule has 0 spiro atoms. The molecule has 1 aliphatic rings. The molecule has 0 saturated heterocycles. The van der Waals surface area contributed by atoms with Crippen molar-refractivity contribution in [3.63, 3.8) is 0 Å². The Balaban J connectivity index is 0.00000144. The molecule has 4 heteroatoms. The third kappa shape index (κ3) is 1.83. The second-order valence-electron chi connectivity index (χ2n) is 3.67. The molecule has 0 fully saturated rings. The van der Waals surface area contributed by atoms with E-state index in [2.05, 4.69) is 16.9 Å². The smallest absolute Gasteiger partial charge is 0.241 e. The van der Waals surface area contributed by atoms with E-state index in [-0.39, 0.29) is 1.43 Å². The zero-order valence-corrected chi connectivity index (χ0v) is 9.67. The Morgan fingerprint density at radius 2 is 2.56 bits per heavy atom. The van der Waals surface area contributed by atoms with Crippen LogP contribution in [0.2, 0.25) is 0 Å². The molecule has 2 heterocycles. The Morgan fingerprint density at radius 1 is 1.75 bits per heavy atom. The first-order valence-corrected chi connectivity index (χ1v) is 5.42. The van der Waals surface area contributed by atoms with Crippen LogP contribution in [0.3, 0.4) is 0 Å². The van der Waals surface area contributed by atoms with Crippen LogP contribution in [0.5, 0.6) is 11.6 Å². The summed E-state index contributed by atoms with van der Waals surface area (Å²) in [5.74, 6) is 1.40. The summed E-state index contributed by atoms with van der Waals surface area (Å²) in [6.07, 6.45) is 1.75. The molecule has 1 aromatic rings. The molecule has 4 nitrogen and oxygen atoms in total. The number of anilines is 1. The number of rotatable bonds is 3. The Kier molecular flexibility index (Phi) is 2.99. The summed E-state index contributed by atoms with van der Waals surface area (Å²) in [7, 11) is 0. The van der Waals surface area contributed by atoms with Gasteiger partial charge in [0.2, 0.25) is 5.88 Å². The van der Waals surface area contributed by atoms with E-state index < -0.39 is 0 Å². The Morgan fingerprint density at radius 3 is 3.25 bits per heavy atom. The minimum atomic E-state index is 0. The first-order valence-electron chi connectivity index (χ1n) is 5.42. The summed E-state index contributed by atoms with van der Waals surface area (Å²) in [4.78, 5) is 4.26. The summed E-state index contributed by atoms with van der Waals surface area (Å²) < 4.78 is 11.1. The van der Waals surface area contributed by atoms with E-state index in [4.69, 9.17) is 9.47 Å². The summed E-state index contributed by atoms with van der Waals surface area (Å²) in [5.41, 5.74) is 2.71. The summed E-state index contributed by atoms with van der Waals surface area (Å²) >= 11 is 0. The van der Waals surface area contributed by atoms with Crippen LogP contribution < -0.4 is 14.8 Å². The number of allylic oxidation sites excluding steroid dienone is 1. The molecule has 0 saturated carbocycles. The maximum Gasteiger partial charge on any atom is 0.241 e. The molecule has 1 N–H and O–H groups in total. The second-order valence-corrected chi connectivity index (χ2v) is 3.67. The van der Waals surface area contributed by atoms with Gasteiger partial charge in [0.15, 0.2) is 5.75 Å².